The maximum atomic E-state index is 11.8. The van der Waals surface area contributed by atoms with Crippen molar-refractivity contribution in [2.75, 3.05) is 0 Å². The number of rotatable bonds is 4. The lowest BCUT2D eigenvalue weighted by Crippen LogP contribution is -2.01. The molecule has 0 N–H and O–H groups in total. The second-order valence-electron chi connectivity index (χ2n) is 4.57. The number of ketones is 1. The normalized spacial score (nSPS) is 17.5. The van der Waals surface area contributed by atoms with Crippen LogP contribution in [0.2, 0.25) is 0 Å². The highest BCUT2D eigenvalue weighted by Crippen LogP contribution is 2.32. The molecular weight excluding hydrogens is 184 g/mol. The van der Waals surface area contributed by atoms with Gasteiger partial charge in [-0.15, -0.1) is 0 Å². The summed E-state index contributed by atoms with van der Waals surface area (Å²) in [7, 11) is 0. The summed E-state index contributed by atoms with van der Waals surface area (Å²) in [5.41, 5.74) is 2.23. The van der Waals surface area contributed by atoms with Crippen molar-refractivity contribution >= 4 is 5.78 Å². The Hall–Kier alpha value is -1.11. The van der Waals surface area contributed by atoms with Crippen LogP contribution in [0.4, 0.5) is 0 Å². The summed E-state index contributed by atoms with van der Waals surface area (Å²) in [5.74, 6) is 1.26. The third-order valence-corrected chi connectivity index (χ3v) is 3.32. The summed E-state index contributed by atoms with van der Waals surface area (Å²) in [6.07, 6.45) is 3.33. The largest absolute Gasteiger partial charge is 0.294 e. The van der Waals surface area contributed by atoms with E-state index in [0.29, 0.717) is 17.6 Å². The molecule has 0 radical (unpaired) electrons. The molecule has 1 aliphatic rings. The van der Waals surface area contributed by atoms with Gasteiger partial charge < -0.3 is 0 Å². The smallest absolute Gasteiger partial charge is 0.165 e. The molecule has 1 saturated carbocycles. The monoisotopic (exact) mass is 202 g/mol. The minimum absolute atomic E-state index is 0.333. The van der Waals surface area contributed by atoms with E-state index in [1.54, 1.807) is 0 Å². The highest BCUT2D eigenvalue weighted by atomic mass is 16.1. The molecule has 0 amide bonds. The lowest BCUT2D eigenvalue weighted by atomic mass is 9.96. The predicted molar refractivity (Wildman–Crippen MR) is 62.2 cm³/mol. The van der Waals surface area contributed by atoms with E-state index in [1.165, 1.54) is 5.56 Å². The number of Topliss-reactive ketones (excluding diaryl/α,β-unsaturated/α-hetero) is 1. The lowest BCUT2D eigenvalue weighted by molar-refractivity contribution is 0.0967. The molecule has 0 spiro atoms. The van der Waals surface area contributed by atoms with Crippen LogP contribution in [0.5, 0.6) is 0 Å². The van der Waals surface area contributed by atoms with Crippen LogP contribution in [0.15, 0.2) is 24.3 Å². The fourth-order valence-electron chi connectivity index (χ4n) is 1.79. The predicted octanol–water partition coefficient (Wildman–Crippen LogP) is 3.79. The van der Waals surface area contributed by atoms with Crippen molar-refractivity contribution in [3.05, 3.63) is 35.4 Å². The van der Waals surface area contributed by atoms with Crippen LogP contribution in [0.3, 0.4) is 0 Å². The number of hydrogen-bond acceptors (Lipinski definition) is 1. The van der Waals surface area contributed by atoms with Crippen LogP contribution in [-0.4, -0.2) is 5.78 Å². The summed E-state index contributed by atoms with van der Waals surface area (Å²) in [5, 5.41) is 0. The summed E-state index contributed by atoms with van der Waals surface area (Å²) in [6.45, 7) is 4.41. The first kappa shape index (κ1) is 10.4. The molecule has 1 aromatic carbocycles. The molecule has 1 unspecified atom stereocenters. The molecule has 0 aromatic heterocycles. The molecule has 0 heterocycles. The van der Waals surface area contributed by atoms with Gasteiger partial charge in [0, 0.05) is 11.5 Å². The van der Waals surface area contributed by atoms with Crippen LogP contribution in [0, 0.1) is 5.92 Å². The Labute approximate surface area is 91.5 Å². The zero-order valence-electron chi connectivity index (χ0n) is 9.49. The minimum atomic E-state index is 0.333. The molecule has 15 heavy (non-hydrogen) atoms. The van der Waals surface area contributed by atoms with Gasteiger partial charge in [0.05, 0.1) is 0 Å². The van der Waals surface area contributed by atoms with Crippen LogP contribution in [0.1, 0.15) is 54.9 Å². The quantitative estimate of drug-likeness (QED) is 0.679. The third kappa shape index (κ3) is 2.28. The lowest BCUT2D eigenvalue weighted by Gasteiger charge is -2.09. The molecule has 1 aromatic rings. The van der Waals surface area contributed by atoms with E-state index in [1.807, 2.05) is 12.1 Å². The summed E-state index contributed by atoms with van der Waals surface area (Å²) >= 11 is 0. The molecule has 2 rings (SSSR count). The van der Waals surface area contributed by atoms with Gasteiger partial charge in [0.2, 0.25) is 0 Å². The van der Waals surface area contributed by atoms with Gasteiger partial charge in [-0.05, 0) is 30.7 Å². The van der Waals surface area contributed by atoms with Gasteiger partial charge >= 0.3 is 0 Å². The average Bonchev–Trinajstić information content (AvgIpc) is 3.11. The first-order valence-electron chi connectivity index (χ1n) is 5.86. The van der Waals surface area contributed by atoms with Gasteiger partial charge in [-0.1, -0.05) is 38.1 Å². The molecule has 1 nitrogen and oxygen atoms in total. The van der Waals surface area contributed by atoms with Crippen molar-refractivity contribution in [2.45, 2.75) is 39.0 Å². The van der Waals surface area contributed by atoms with E-state index in [4.69, 9.17) is 0 Å². The summed E-state index contributed by atoms with van der Waals surface area (Å²) in [4.78, 5) is 11.8. The van der Waals surface area contributed by atoms with E-state index in [9.17, 15) is 4.79 Å². The standard InChI is InChI=1S/C14H18O/c1-3-10(2)11-4-6-12(7-5-11)14(15)13-8-9-13/h4-7,10,13H,3,8-9H2,1-2H3. The SMILES string of the molecule is CCC(C)c1ccc(C(=O)C2CC2)cc1. The van der Waals surface area contributed by atoms with E-state index in [0.717, 1.165) is 24.8 Å². The van der Waals surface area contributed by atoms with Crippen molar-refractivity contribution in [3.63, 3.8) is 0 Å². The molecule has 0 aliphatic heterocycles. The topological polar surface area (TPSA) is 17.1 Å². The minimum Gasteiger partial charge on any atom is -0.294 e. The maximum Gasteiger partial charge on any atom is 0.165 e. The Morgan fingerprint density at radius 2 is 1.93 bits per heavy atom. The Bertz CT molecular complexity index is 346. The van der Waals surface area contributed by atoms with Crippen LogP contribution in [0.25, 0.3) is 0 Å². The van der Waals surface area contributed by atoms with Crippen molar-refractivity contribution in [1.82, 2.24) is 0 Å². The average molecular weight is 202 g/mol. The molecule has 0 bridgehead atoms. The Balaban J connectivity index is 2.12. The van der Waals surface area contributed by atoms with Crippen molar-refractivity contribution in [1.29, 1.82) is 0 Å². The first-order chi connectivity index (χ1) is 7.22. The van der Waals surface area contributed by atoms with E-state index < -0.39 is 0 Å². The van der Waals surface area contributed by atoms with E-state index in [2.05, 4.69) is 26.0 Å². The molecule has 0 saturated heterocycles. The van der Waals surface area contributed by atoms with E-state index >= 15 is 0 Å². The Morgan fingerprint density at radius 1 is 1.33 bits per heavy atom. The number of carbonyl (C=O) groups is 1. The van der Waals surface area contributed by atoms with Crippen molar-refractivity contribution in [2.24, 2.45) is 5.92 Å². The molecule has 80 valence electrons. The molecular formula is C14H18O. The van der Waals surface area contributed by atoms with Gasteiger partial charge in [-0.3, -0.25) is 4.79 Å². The number of hydrogen-bond donors (Lipinski definition) is 0. The molecule has 1 fully saturated rings. The molecule has 1 atom stereocenters. The fourth-order valence-corrected chi connectivity index (χ4v) is 1.79. The van der Waals surface area contributed by atoms with Crippen molar-refractivity contribution in [3.8, 4) is 0 Å². The maximum absolute atomic E-state index is 11.8. The van der Waals surface area contributed by atoms with Crippen LogP contribution >= 0.6 is 0 Å². The molecule has 1 aliphatic carbocycles. The Morgan fingerprint density at radius 3 is 2.40 bits per heavy atom. The van der Waals surface area contributed by atoms with E-state index in [-0.39, 0.29) is 0 Å². The zero-order chi connectivity index (χ0) is 10.8. The third-order valence-electron chi connectivity index (χ3n) is 3.32. The highest BCUT2D eigenvalue weighted by molar-refractivity contribution is 5.99. The van der Waals surface area contributed by atoms with Crippen molar-refractivity contribution < 1.29 is 4.79 Å². The highest BCUT2D eigenvalue weighted by Gasteiger charge is 2.30. The number of carbonyl (C=O) groups excluding carboxylic acids is 1. The summed E-state index contributed by atoms with van der Waals surface area (Å²) in [6, 6.07) is 8.18. The number of benzene rings is 1. The van der Waals surface area contributed by atoms with Crippen LogP contribution in [-0.2, 0) is 0 Å². The van der Waals surface area contributed by atoms with Gasteiger partial charge in [0.25, 0.3) is 0 Å². The fraction of sp³-hybridized carbons (Fsp3) is 0.500. The van der Waals surface area contributed by atoms with Gasteiger partial charge in [-0.25, -0.2) is 0 Å². The first-order valence-corrected chi connectivity index (χ1v) is 5.86. The van der Waals surface area contributed by atoms with Gasteiger partial charge in [0.15, 0.2) is 5.78 Å². The zero-order valence-corrected chi connectivity index (χ0v) is 9.49. The molecule has 1 heteroatoms. The summed E-state index contributed by atoms with van der Waals surface area (Å²) < 4.78 is 0. The van der Waals surface area contributed by atoms with Crippen LogP contribution < -0.4 is 0 Å². The van der Waals surface area contributed by atoms with Gasteiger partial charge in [0.1, 0.15) is 0 Å². The second-order valence-corrected chi connectivity index (χ2v) is 4.57. The van der Waals surface area contributed by atoms with Gasteiger partial charge in [-0.2, -0.15) is 0 Å². The Kier molecular flexibility index (Phi) is 2.90. The second kappa shape index (κ2) is 4.18.